The lowest BCUT2D eigenvalue weighted by Crippen LogP contribution is -2.42. The van der Waals surface area contributed by atoms with Crippen LogP contribution in [-0.2, 0) is 23.8 Å². The zero-order chi connectivity index (χ0) is 20.4. The Balaban J connectivity index is 2.13. The fraction of sp³-hybridized carbons (Fsp3) is 0.389. The fourth-order valence-corrected chi connectivity index (χ4v) is 2.06. The van der Waals surface area contributed by atoms with Gasteiger partial charge in [-0.15, -0.1) is 0 Å². The Kier molecular flexibility index (Phi) is 5.43. The fourth-order valence-electron chi connectivity index (χ4n) is 2.06. The molecule has 0 radical (unpaired) electrons. The molecule has 0 aromatic heterocycles. The lowest BCUT2D eigenvalue weighted by atomic mass is 10.2. The van der Waals surface area contributed by atoms with E-state index >= 15 is 0 Å². The Bertz CT molecular complexity index is 789. The first-order valence-electron chi connectivity index (χ1n) is 8.09. The molecule has 8 nitrogen and oxygen atoms in total. The smallest absolute Gasteiger partial charge is 0.412 e. The number of anilines is 2. The van der Waals surface area contributed by atoms with Crippen LogP contribution in [0.25, 0.3) is 0 Å². The van der Waals surface area contributed by atoms with Crippen molar-refractivity contribution in [2.24, 2.45) is 0 Å². The maximum absolute atomic E-state index is 13.9. The molecule has 2 rings (SSSR count). The van der Waals surface area contributed by atoms with Crippen molar-refractivity contribution in [1.82, 2.24) is 0 Å². The highest BCUT2D eigenvalue weighted by molar-refractivity contribution is 6.15. The predicted molar refractivity (Wildman–Crippen MR) is 94.2 cm³/mol. The number of hydrogen-bond donors (Lipinski definition) is 2. The molecule has 0 bridgehead atoms. The molecule has 1 aromatic carbocycles. The minimum atomic E-state index is -1.34. The van der Waals surface area contributed by atoms with Crippen LogP contribution in [0.5, 0.6) is 0 Å². The van der Waals surface area contributed by atoms with E-state index in [1.807, 2.05) is 0 Å². The molecular weight excluding hydrogens is 359 g/mol. The first-order chi connectivity index (χ1) is 12.4. The number of ether oxygens (including phenoxy) is 3. The van der Waals surface area contributed by atoms with Crippen molar-refractivity contribution in [3.05, 3.63) is 35.8 Å². The highest BCUT2D eigenvalue weighted by Crippen LogP contribution is 2.24. The molecule has 1 aliphatic rings. The largest absolute Gasteiger partial charge is 0.444 e. The molecule has 9 heteroatoms. The summed E-state index contributed by atoms with van der Waals surface area (Å²) in [5, 5.41) is 4.96. The van der Waals surface area contributed by atoms with Gasteiger partial charge in [0.2, 0.25) is 0 Å². The third-order valence-corrected chi connectivity index (χ3v) is 3.10. The van der Waals surface area contributed by atoms with Crippen LogP contribution in [0.2, 0.25) is 0 Å². The summed E-state index contributed by atoms with van der Waals surface area (Å²) in [5.41, 5.74) is -0.917. The average molecular weight is 380 g/mol. The second-order valence-electron chi connectivity index (χ2n) is 7.20. The molecule has 1 amide bonds. The van der Waals surface area contributed by atoms with E-state index < -0.39 is 35.2 Å². The van der Waals surface area contributed by atoms with Gasteiger partial charge in [-0.1, -0.05) is 0 Å². The standard InChI is InChI=1S/C18H21FN2O6/c1-17(2,3)27-16(24)21-13-8-10(6-7-12(13)19)20-9-11-14(22)25-18(4,5)26-15(11)23/h6-9,20H,1-5H3,(H,21,24). The van der Waals surface area contributed by atoms with Gasteiger partial charge in [0.1, 0.15) is 11.4 Å². The lowest BCUT2D eigenvalue weighted by Gasteiger charge is -2.29. The first-order valence-corrected chi connectivity index (χ1v) is 8.09. The summed E-state index contributed by atoms with van der Waals surface area (Å²) in [4.78, 5) is 35.5. The van der Waals surface area contributed by atoms with Gasteiger partial charge >= 0.3 is 18.0 Å². The van der Waals surface area contributed by atoms with Crippen molar-refractivity contribution >= 4 is 29.4 Å². The van der Waals surface area contributed by atoms with Crippen molar-refractivity contribution in [3.8, 4) is 0 Å². The van der Waals surface area contributed by atoms with Crippen molar-refractivity contribution < 1.29 is 33.0 Å². The third-order valence-electron chi connectivity index (χ3n) is 3.10. The quantitative estimate of drug-likeness (QED) is 0.471. The molecule has 0 aliphatic carbocycles. The van der Waals surface area contributed by atoms with Crippen LogP contribution in [-0.4, -0.2) is 29.4 Å². The van der Waals surface area contributed by atoms with Gasteiger partial charge < -0.3 is 19.5 Å². The Morgan fingerprint density at radius 3 is 2.33 bits per heavy atom. The number of esters is 2. The summed E-state index contributed by atoms with van der Waals surface area (Å²) in [6.07, 6.45) is 0.267. The van der Waals surface area contributed by atoms with Crippen molar-refractivity contribution in [2.75, 3.05) is 10.6 Å². The molecule has 0 spiro atoms. The van der Waals surface area contributed by atoms with E-state index in [9.17, 15) is 18.8 Å². The summed E-state index contributed by atoms with van der Waals surface area (Å²) in [7, 11) is 0. The molecule has 0 unspecified atom stereocenters. The third kappa shape index (κ3) is 5.70. The van der Waals surface area contributed by atoms with Crippen molar-refractivity contribution in [3.63, 3.8) is 0 Å². The van der Waals surface area contributed by atoms with E-state index in [-0.39, 0.29) is 11.3 Å². The molecule has 0 atom stereocenters. The normalized spacial score (nSPS) is 16.1. The highest BCUT2D eigenvalue weighted by atomic mass is 19.1. The number of amides is 1. The van der Waals surface area contributed by atoms with Gasteiger partial charge in [-0.3, -0.25) is 5.32 Å². The van der Waals surface area contributed by atoms with E-state index in [2.05, 4.69) is 10.6 Å². The van der Waals surface area contributed by atoms with Gasteiger partial charge in [-0.05, 0) is 39.0 Å². The first kappa shape index (κ1) is 20.2. The van der Waals surface area contributed by atoms with E-state index in [4.69, 9.17) is 14.2 Å². The van der Waals surface area contributed by atoms with Crippen LogP contribution in [0.3, 0.4) is 0 Å². The number of benzene rings is 1. The summed E-state index contributed by atoms with van der Waals surface area (Å²) < 4.78 is 28.9. The minimum absolute atomic E-state index is 0.136. The number of rotatable bonds is 3. The lowest BCUT2D eigenvalue weighted by molar-refractivity contribution is -0.222. The maximum atomic E-state index is 13.9. The summed E-state index contributed by atoms with van der Waals surface area (Å²) in [6.45, 7) is 7.90. The number of carbonyl (C=O) groups is 3. The van der Waals surface area contributed by atoms with Crippen molar-refractivity contribution in [2.45, 2.75) is 46.0 Å². The second-order valence-corrected chi connectivity index (χ2v) is 7.20. The Labute approximate surface area is 155 Å². The number of hydrogen-bond acceptors (Lipinski definition) is 7. The monoisotopic (exact) mass is 380 g/mol. The summed E-state index contributed by atoms with van der Waals surface area (Å²) >= 11 is 0. The van der Waals surface area contributed by atoms with Crippen LogP contribution < -0.4 is 10.6 Å². The van der Waals surface area contributed by atoms with E-state index in [1.54, 1.807) is 20.8 Å². The number of halogens is 1. The summed E-state index contributed by atoms with van der Waals surface area (Å²) in [5.74, 6) is -3.72. The van der Waals surface area contributed by atoms with Gasteiger partial charge in [0, 0.05) is 25.7 Å². The number of nitrogens with one attached hydrogen (secondary N) is 2. The number of cyclic esters (lactones) is 2. The van der Waals surface area contributed by atoms with Crippen LogP contribution in [0, 0.1) is 5.82 Å². The zero-order valence-electron chi connectivity index (χ0n) is 15.6. The Hall–Kier alpha value is -3.10. The second kappa shape index (κ2) is 7.26. The van der Waals surface area contributed by atoms with E-state index in [1.165, 1.54) is 26.0 Å². The highest BCUT2D eigenvalue weighted by Gasteiger charge is 2.38. The van der Waals surface area contributed by atoms with Crippen LogP contribution >= 0.6 is 0 Å². The zero-order valence-corrected chi connectivity index (χ0v) is 15.6. The van der Waals surface area contributed by atoms with Gasteiger partial charge in [-0.2, -0.15) is 0 Å². The minimum Gasteiger partial charge on any atom is -0.444 e. The molecule has 1 aromatic rings. The molecule has 1 aliphatic heterocycles. The number of carbonyl (C=O) groups excluding carboxylic acids is 3. The van der Waals surface area contributed by atoms with Crippen LogP contribution in [0.1, 0.15) is 34.6 Å². The summed E-state index contributed by atoms with van der Waals surface area (Å²) in [6, 6.07) is 3.74. The van der Waals surface area contributed by atoms with Crippen LogP contribution in [0.4, 0.5) is 20.6 Å². The van der Waals surface area contributed by atoms with E-state index in [0.29, 0.717) is 5.69 Å². The van der Waals surface area contributed by atoms with E-state index in [0.717, 1.165) is 12.3 Å². The molecule has 2 N–H and O–H groups in total. The van der Waals surface area contributed by atoms with Crippen molar-refractivity contribution in [1.29, 1.82) is 0 Å². The topological polar surface area (TPSA) is 103 Å². The molecule has 27 heavy (non-hydrogen) atoms. The van der Waals surface area contributed by atoms with Gasteiger partial charge in [-0.25, -0.2) is 18.8 Å². The molecule has 146 valence electrons. The molecular formula is C18H21FN2O6. The van der Waals surface area contributed by atoms with Gasteiger partial charge in [0.25, 0.3) is 5.79 Å². The maximum Gasteiger partial charge on any atom is 0.412 e. The van der Waals surface area contributed by atoms with Crippen LogP contribution in [0.15, 0.2) is 30.0 Å². The van der Waals surface area contributed by atoms with Gasteiger partial charge in [0.05, 0.1) is 5.69 Å². The molecule has 1 fully saturated rings. The Morgan fingerprint density at radius 2 is 1.78 bits per heavy atom. The predicted octanol–water partition coefficient (Wildman–Crippen LogP) is 3.30. The Morgan fingerprint density at radius 1 is 1.19 bits per heavy atom. The molecule has 1 heterocycles. The molecule has 1 saturated heterocycles. The SMILES string of the molecule is CC(C)(C)OC(=O)Nc1cc(NC=C2C(=O)OC(C)(C)OC2=O)ccc1F. The molecule has 0 saturated carbocycles. The average Bonchev–Trinajstić information content (AvgIpc) is 2.46. The van der Waals surface area contributed by atoms with Gasteiger partial charge in [0.15, 0.2) is 5.57 Å².